The zero-order valence-electron chi connectivity index (χ0n) is 6.11. The summed E-state index contributed by atoms with van der Waals surface area (Å²) in [7, 11) is 0. The molecule has 3 heteroatoms. The Bertz CT molecular complexity index is 83.7. The monoisotopic (exact) mass is 163 g/mol. The number of nitrogens with one attached hydrogen (secondary N) is 1. The van der Waals surface area contributed by atoms with Crippen LogP contribution < -0.4 is 4.72 Å². The Labute approximate surface area is 65.9 Å². The molecule has 1 fully saturated rings. The van der Waals surface area contributed by atoms with Crippen molar-refractivity contribution in [2.75, 3.05) is 6.80 Å². The normalized spacial score (nSPS) is 21.3. The van der Waals surface area contributed by atoms with Gasteiger partial charge in [-0.1, -0.05) is 31.2 Å². The lowest BCUT2D eigenvalue weighted by Gasteiger charge is -2.19. The second kappa shape index (κ2) is 4.97. The quantitative estimate of drug-likeness (QED) is 0.506. The first kappa shape index (κ1) is 8.34. The molecule has 0 unspecified atom stereocenters. The van der Waals surface area contributed by atoms with Crippen LogP contribution in [-0.2, 0) is 0 Å². The van der Waals surface area contributed by atoms with E-state index < -0.39 is 6.80 Å². The fourth-order valence-electron chi connectivity index (χ4n) is 1.33. The summed E-state index contributed by atoms with van der Waals surface area (Å²) in [5, 5.41) is 0.671. The van der Waals surface area contributed by atoms with Gasteiger partial charge in [0, 0.05) is 5.25 Å². The van der Waals surface area contributed by atoms with Gasteiger partial charge in [-0.3, -0.25) is 0 Å². The molecule has 1 saturated carbocycles. The van der Waals surface area contributed by atoms with Crippen molar-refractivity contribution in [2.45, 2.75) is 37.4 Å². The molecule has 1 nitrogen and oxygen atoms in total. The molecule has 0 amide bonds. The number of hydrogen-bond acceptors (Lipinski definition) is 2. The smallest absolute Gasteiger partial charge is 0.149 e. The predicted octanol–water partition coefficient (Wildman–Crippen LogP) is 2.48. The van der Waals surface area contributed by atoms with Gasteiger partial charge in [0.1, 0.15) is 6.80 Å². The Hall–Kier alpha value is 0.240. The second-order valence-electron chi connectivity index (χ2n) is 2.66. The van der Waals surface area contributed by atoms with Gasteiger partial charge in [-0.15, -0.1) is 0 Å². The van der Waals surface area contributed by atoms with E-state index in [4.69, 9.17) is 0 Å². The molecular weight excluding hydrogens is 149 g/mol. The molecule has 60 valence electrons. The van der Waals surface area contributed by atoms with Gasteiger partial charge in [0.05, 0.1) is 0 Å². The Morgan fingerprint density at radius 2 is 2.00 bits per heavy atom. The third-order valence-electron chi connectivity index (χ3n) is 1.86. The van der Waals surface area contributed by atoms with Crippen LogP contribution in [-0.4, -0.2) is 12.0 Å². The van der Waals surface area contributed by atoms with Gasteiger partial charge in [0.2, 0.25) is 0 Å². The first-order valence-corrected chi connectivity index (χ1v) is 4.76. The highest BCUT2D eigenvalue weighted by molar-refractivity contribution is 7.98. The highest BCUT2D eigenvalue weighted by Gasteiger charge is 2.12. The van der Waals surface area contributed by atoms with Crippen LogP contribution in [0, 0.1) is 0 Å². The fraction of sp³-hybridized carbons (Fsp3) is 1.00. The van der Waals surface area contributed by atoms with Gasteiger partial charge in [-0.25, -0.2) is 9.11 Å². The van der Waals surface area contributed by atoms with Crippen LogP contribution in [0.4, 0.5) is 4.39 Å². The molecule has 0 aliphatic heterocycles. The first-order chi connectivity index (χ1) is 4.93. The molecule has 0 bridgehead atoms. The summed E-state index contributed by atoms with van der Waals surface area (Å²) in [4.78, 5) is 0. The van der Waals surface area contributed by atoms with Gasteiger partial charge >= 0.3 is 0 Å². The van der Waals surface area contributed by atoms with Crippen LogP contribution in [0.5, 0.6) is 0 Å². The first-order valence-electron chi connectivity index (χ1n) is 3.88. The minimum absolute atomic E-state index is 0.402. The molecule has 10 heavy (non-hydrogen) atoms. The van der Waals surface area contributed by atoms with Gasteiger partial charge in [0.15, 0.2) is 0 Å². The molecule has 0 heterocycles. The summed E-state index contributed by atoms with van der Waals surface area (Å²) in [5.74, 6) is 0. The van der Waals surface area contributed by atoms with Crippen molar-refractivity contribution in [1.82, 2.24) is 4.72 Å². The summed E-state index contributed by atoms with van der Waals surface area (Å²) >= 11 is 1.57. The minimum atomic E-state index is -0.402. The van der Waals surface area contributed by atoms with Crippen LogP contribution in [0.3, 0.4) is 0 Å². The van der Waals surface area contributed by atoms with Crippen molar-refractivity contribution in [2.24, 2.45) is 0 Å². The van der Waals surface area contributed by atoms with Crippen molar-refractivity contribution in [3.8, 4) is 0 Å². The zero-order chi connectivity index (χ0) is 7.23. The summed E-state index contributed by atoms with van der Waals surface area (Å²) in [5.41, 5.74) is 0. The summed E-state index contributed by atoms with van der Waals surface area (Å²) in [6.07, 6.45) is 6.54. The fourth-order valence-corrected chi connectivity index (χ4v) is 2.20. The van der Waals surface area contributed by atoms with Gasteiger partial charge < -0.3 is 0 Å². The van der Waals surface area contributed by atoms with E-state index in [1.165, 1.54) is 32.1 Å². The molecule has 0 saturated heterocycles. The van der Waals surface area contributed by atoms with E-state index in [1.54, 1.807) is 11.9 Å². The second-order valence-corrected chi connectivity index (χ2v) is 3.85. The van der Waals surface area contributed by atoms with E-state index in [1.807, 2.05) is 0 Å². The molecule has 0 aromatic heterocycles. The van der Waals surface area contributed by atoms with Crippen molar-refractivity contribution in [3.63, 3.8) is 0 Å². The van der Waals surface area contributed by atoms with E-state index in [2.05, 4.69) is 4.72 Å². The van der Waals surface area contributed by atoms with E-state index in [9.17, 15) is 4.39 Å². The van der Waals surface area contributed by atoms with E-state index in [-0.39, 0.29) is 0 Å². The molecule has 0 radical (unpaired) electrons. The van der Waals surface area contributed by atoms with Crippen molar-refractivity contribution in [3.05, 3.63) is 0 Å². The lowest BCUT2D eigenvalue weighted by molar-refractivity contribution is 0.480. The van der Waals surface area contributed by atoms with Crippen molar-refractivity contribution in [1.29, 1.82) is 0 Å². The number of halogens is 1. The van der Waals surface area contributed by atoms with Crippen LogP contribution in [0.25, 0.3) is 0 Å². The van der Waals surface area contributed by atoms with E-state index in [0.29, 0.717) is 5.25 Å². The van der Waals surface area contributed by atoms with Crippen LogP contribution >= 0.6 is 11.9 Å². The van der Waals surface area contributed by atoms with Crippen molar-refractivity contribution < 1.29 is 4.39 Å². The Morgan fingerprint density at radius 1 is 1.30 bits per heavy atom. The van der Waals surface area contributed by atoms with Gasteiger partial charge in [-0.2, -0.15) is 0 Å². The lowest BCUT2D eigenvalue weighted by Crippen LogP contribution is -2.14. The zero-order valence-corrected chi connectivity index (χ0v) is 6.92. The Balaban J connectivity index is 2.02. The van der Waals surface area contributed by atoms with Gasteiger partial charge in [0.25, 0.3) is 0 Å². The molecule has 1 aliphatic rings. The molecule has 0 spiro atoms. The highest BCUT2D eigenvalue weighted by Crippen LogP contribution is 2.25. The summed E-state index contributed by atoms with van der Waals surface area (Å²) in [6.45, 7) is -0.402. The lowest BCUT2D eigenvalue weighted by atomic mass is 10.0. The average Bonchev–Trinajstić information content (AvgIpc) is 2.03. The maximum Gasteiger partial charge on any atom is 0.149 e. The Kier molecular flexibility index (Phi) is 4.14. The predicted molar refractivity (Wildman–Crippen MR) is 43.6 cm³/mol. The number of rotatable bonds is 3. The van der Waals surface area contributed by atoms with Crippen LogP contribution in [0.2, 0.25) is 0 Å². The molecule has 0 atom stereocenters. The molecule has 1 N–H and O–H groups in total. The Morgan fingerprint density at radius 3 is 2.60 bits per heavy atom. The third-order valence-corrected chi connectivity index (χ3v) is 2.94. The molecule has 1 aliphatic carbocycles. The molecule has 0 aromatic rings. The van der Waals surface area contributed by atoms with Crippen LogP contribution in [0.1, 0.15) is 32.1 Å². The van der Waals surface area contributed by atoms with Gasteiger partial charge in [-0.05, 0) is 12.8 Å². The maximum atomic E-state index is 11.6. The summed E-state index contributed by atoms with van der Waals surface area (Å²) < 4.78 is 14.3. The van der Waals surface area contributed by atoms with Crippen LogP contribution in [0.15, 0.2) is 0 Å². The number of alkyl halides is 1. The highest BCUT2D eigenvalue weighted by atomic mass is 32.2. The molecule has 0 aromatic carbocycles. The number of hydrogen-bond donors (Lipinski definition) is 1. The summed E-state index contributed by atoms with van der Waals surface area (Å²) in [6, 6.07) is 0. The molecule has 1 rings (SSSR count). The SMILES string of the molecule is FCNSC1CCCCC1. The largest absolute Gasteiger partial charge is 0.235 e. The van der Waals surface area contributed by atoms with E-state index >= 15 is 0 Å². The minimum Gasteiger partial charge on any atom is -0.235 e. The third kappa shape index (κ3) is 2.88. The average molecular weight is 163 g/mol. The van der Waals surface area contributed by atoms with Crippen molar-refractivity contribution >= 4 is 11.9 Å². The maximum absolute atomic E-state index is 11.6. The van der Waals surface area contributed by atoms with E-state index in [0.717, 1.165) is 0 Å². The molecular formula is C7H14FNS. The topological polar surface area (TPSA) is 12.0 Å². The standard InChI is InChI=1S/C7H14FNS/c8-6-9-10-7-4-2-1-3-5-7/h7,9H,1-6H2.